The lowest BCUT2D eigenvalue weighted by Gasteiger charge is -2.20. The van der Waals surface area contributed by atoms with E-state index in [1.807, 2.05) is 6.20 Å². The summed E-state index contributed by atoms with van der Waals surface area (Å²) in [6, 6.07) is 0.152. The van der Waals surface area contributed by atoms with Crippen molar-refractivity contribution < 1.29 is 4.74 Å². The van der Waals surface area contributed by atoms with Crippen LogP contribution in [0.5, 0.6) is 0 Å². The van der Waals surface area contributed by atoms with Crippen LogP contribution in [0, 0.1) is 5.92 Å². The van der Waals surface area contributed by atoms with Gasteiger partial charge in [0, 0.05) is 37.4 Å². The van der Waals surface area contributed by atoms with Crippen LogP contribution in [0.2, 0.25) is 0 Å². The van der Waals surface area contributed by atoms with Crippen LogP contribution in [0.15, 0.2) is 12.4 Å². The summed E-state index contributed by atoms with van der Waals surface area (Å²) in [7, 11) is 0. The third kappa shape index (κ3) is 1.96. The molecular formula is C10H17N3O. The second kappa shape index (κ2) is 4.11. The van der Waals surface area contributed by atoms with Crippen LogP contribution in [-0.2, 0) is 11.2 Å². The molecule has 4 heteroatoms. The third-order valence-electron chi connectivity index (χ3n) is 2.97. The number of nitrogens with zero attached hydrogens (tertiary/aromatic N) is 1. The molecule has 3 N–H and O–H groups in total. The standard InChI is InChI=1S/C10H17N3O/c1-7-8(2-5-14-7)9(11)6-10-12-3-4-13-10/h3-4,7-9H,2,5-6,11H2,1H3,(H,12,13). The monoisotopic (exact) mass is 195 g/mol. The molecule has 4 nitrogen and oxygen atoms in total. The van der Waals surface area contributed by atoms with Gasteiger partial charge in [-0.15, -0.1) is 0 Å². The van der Waals surface area contributed by atoms with Crippen LogP contribution in [-0.4, -0.2) is 28.7 Å². The minimum Gasteiger partial charge on any atom is -0.378 e. The first-order chi connectivity index (χ1) is 6.77. The number of hydrogen-bond donors (Lipinski definition) is 2. The molecule has 1 saturated heterocycles. The van der Waals surface area contributed by atoms with Crippen molar-refractivity contribution in [2.24, 2.45) is 11.7 Å². The highest BCUT2D eigenvalue weighted by Gasteiger charge is 2.29. The predicted molar refractivity (Wildman–Crippen MR) is 53.8 cm³/mol. The van der Waals surface area contributed by atoms with E-state index in [0.29, 0.717) is 12.0 Å². The summed E-state index contributed by atoms with van der Waals surface area (Å²) in [6.07, 6.45) is 5.77. The highest BCUT2D eigenvalue weighted by molar-refractivity contribution is 4.94. The fraction of sp³-hybridized carbons (Fsp3) is 0.700. The number of hydrogen-bond acceptors (Lipinski definition) is 3. The molecule has 0 amide bonds. The van der Waals surface area contributed by atoms with E-state index in [-0.39, 0.29) is 6.04 Å². The smallest absolute Gasteiger partial charge is 0.107 e. The molecule has 0 saturated carbocycles. The number of nitrogens with two attached hydrogens (primary N) is 1. The Kier molecular flexibility index (Phi) is 2.84. The van der Waals surface area contributed by atoms with Crippen molar-refractivity contribution in [3.05, 3.63) is 18.2 Å². The molecule has 1 aromatic rings. The molecule has 78 valence electrons. The number of nitrogens with one attached hydrogen (secondary N) is 1. The van der Waals surface area contributed by atoms with Crippen LogP contribution in [0.25, 0.3) is 0 Å². The number of imidazole rings is 1. The average molecular weight is 195 g/mol. The largest absolute Gasteiger partial charge is 0.378 e. The SMILES string of the molecule is CC1OCCC1C(N)Cc1ncc[nH]1. The van der Waals surface area contributed by atoms with E-state index in [2.05, 4.69) is 16.9 Å². The normalized spacial score (nSPS) is 29.3. The lowest BCUT2D eigenvalue weighted by molar-refractivity contribution is 0.0993. The second-order valence-electron chi connectivity index (χ2n) is 3.93. The van der Waals surface area contributed by atoms with Crippen LogP contribution >= 0.6 is 0 Å². The van der Waals surface area contributed by atoms with Crippen molar-refractivity contribution >= 4 is 0 Å². The summed E-state index contributed by atoms with van der Waals surface area (Å²) in [5.41, 5.74) is 6.12. The molecule has 0 aliphatic carbocycles. The fourth-order valence-electron chi connectivity index (χ4n) is 2.09. The topological polar surface area (TPSA) is 63.9 Å². The van der Waals surface area contributed by atoms with E-state index in [1.165, 1.54) is 0 Å². The molecular weight excluding hydrogens is 178 g/mol. The summed E-state index contributed by atoms with van der Waals surface area (Å²) in [5.74, 6) is 1.44. The average Bonchev–Trinajstić information content (AvgIpc) is 2.75. The highest BCUT2D eigenvalue weighted by atomic mass is 16.5. The first kappa shape index (κ1) is 9.68. The predicted octanol–water partition coefficient (Wildman–Crippen LogP) is 0.704. The lowest BCUT2D eigenvalue weighted by atomic mass is 9.92. The first-order valence-electron chi connectivity index (χ1n) is 5.13. The Hall–Kier alpha value is -0.870. The Bertz CT molecular complexity index is 273. The van der Waals surface area contributed by atoms with Crippen LogP contribution in [0.3, 0.4) is 0 Å². The Labute approximate surface area is 83.9 Å². The molecule has 1 fully saturated rings. The van der Waals surface area contributed by atoms with Gasteiger partial charge in [-0.25, -0.2) is 4.98 Å². The van der Waals surface area contributed by atoms with Gasteiger partial charge in [-0.3, -0.25) is 0 Å². The zero-order valence-electron chi connectivity index (χ0n) is 8.44. The van der Waals surface area contributed by atoms with Crippen LogP contribution < -0.4 is 5.73 Å². The van der Waals surface area contributed by atoms with E-state index in [1.54, 1.807) is 6.20 Å². The van der Waals surface area contributed by atoms with Gasteiger partial charge >= 0.3 is 0 Å². The summed E-state index contributed by atoms with van der Waals surface area (Å²) in [6.45, 7) is 2.94. The molecule has 1 aliphatic rings. The van der Waals surface area contributed by atoms with Crippen LogP contribution in [0.1, 0.15) is 19.2 Å². The van der Waals surface area contributed by atoms with E-state index < -0.39 is 0 Å². The molecule has 1 aromatic heterocycles. The second-order valence-corrected chi connectivity index (χ2v) is 3.93. The van der Waals surface area contributed by atoms with Gasteiger partial charge in [-0.1, -0.05) is 0 Å². The van der Waals surface area contributed by atoms with Gasteiger partial charge in [0.25, 0.3) is 0 Å². The third-order valence-corrected chi connectivity index (χ3v) is 2.97. The number of aromatic nitrogens is 2. The Balaban J connectivity index is 1.92. The maximum Gasteiger partial charge on any atom is 0.107 e. The van der Waals surface area contributed by atoms with Gasteiger partial charge < -0.3 is 15.5 Å². The number of ether oxygens (including phenoxy) is 1. The maximum absolute atomic E-state index is 6.12. The highest BCUT2D eigenvalue weighted by Crippen LogP contribution is 2.24. The summed E-state index contributed by atoms with van der Waals surface area (Å²) >= 11 is 0. The molecule has 2 rings (SSSR count). The molecule has 0 aromatic carbocycles. The molecule has 0 radical (unpaired) electrons. The van der Waals surface area contributed by atoms with Crippen LogP contribution in [0.4, 0.5) is 0 Å². The van der Waals surface area contributed by atoms with E-state index >= 15 is 0 Å². The van der Waals surface area contributed by atoms with Gasteiger partial charge in [0.05, 0.1) is 6.10 Å². The quantitative estimate of drug-likeness (QED) is 0.746. The summed E-state index contributed by atoms with van der Waals surface area (Å²) in [5, 5.41) is 0. The molecule has 2 heterocycles. The van der Waals surface area contributed by atoms with Crippen molar-refractivity contribution in [3.63, 3.8) is 0 Å². The molecule has 3 unspecified atom stereocenters. The van der Waals surface area contributed by atoms with Gasteiger partial charge in [-0.2, -0.15) is 0 Å². The van der Waals surface area contributed by atoms with Crippen molar-refractivity contribution in [1.82, 2.24) is 9.97 Å². The summed E-state index contributed by atoms with van der Waals surface area (Å²) < 4.78 is 5.50. The molecule has 1 aliphatic heterocycles. The van der Waals surface area contributed by atoms with Gasteiger partial charge in [0.1, 0.15) is 5.82 Å². The number of H-pyrrole nitrogens is 1. The zero-order valence-corrected chi connectivity index (χ0v) is 8.44. The van der Waals surface area contributed by atoms with Gasteiger partial charge in [0.2, 0.25) is 0 Å². The zero-order chi connectivity index (χ0) is 9.97. The van der Waals surface area contributed by atoms with Crippen molar-refractivity contribution in [2.75, 3.05) is 6.61 Å². The van der Waals surface area contributed by atoms with E-state index in [4.69, 9.17) is 10.5 Å². The molecule has 0 spiro atoms. The Morgan fingerprint density at radius 3 is 3.21 bits per heavy atom. The number of rotatable bonds is 3. The fourth-order valence-corrected chi connectivity index (χ4v) is 2.09. The summed E-state index contributed by atoms with van der Waals surface area (Å²) in [4.78, 5) is 7.25. The first-order valence-corrected chi connectivity index (χ1v) is 5.13. The molecule has 0 bridgehead atoms. The number of aromatic amines is 1. The minimum atomic E-state index is 0.152. The van der Waals surface area contributed by atoms with Crippen molar-refractivity contribution in [3.8, 4) is 0 Å². The van der Waals surface area contributed by atoms with E-state index in [9.17, 15) is 0 Å². The van der Waals surface area contributed by atoms with E-state index in [0.717, 1.165) is 25.3 Å². The Morgan fingerprint density at radius 2 is 2.64 bits per heavy atom. The molecule has 3 atom stereocenters. The molecule has 14 heavy (non-hydrogen) atoms. The van der Waals surface area contributed by atoms with Crippen molar-refractivity contribution in [2.45, 2.75) is 31.9 Å². The van der Waals surface area contributed by atoms with Gasteiger partial charge in [0.15, 0.2) is 0 Å². The van der Waals surface area contributed by atoms with Gasteiger partial charge in [-0.05, 0) is 13.3 Å². The maximum atomic E-state index is 6.12. The lowest BCUT2D eigenvalue weighted by Crippen LogP contribution is -2.36. The Morgan fingerprint density at radius 1 is 1.79 bits per heavy atom. The van der Waals surface area contributed by atoms with Crippen molar-refractivity contribution in [1.29, 1.82) is 0 Å². The minimum absolute atomic E-state index is 0.152.